The van der Waals surface area contributed by atoms with E-state index in [1.165, 1.54) is 11.9 Å². The van der Waals surface area contributed by atoms with Crippen molar-refractivity contribution in [1.82, 2.24) is 15.0 Å². The molecule has 0 aliphatic heterocycles. The number of aromatic nitrogens is 3. The highest BCUT2D eigenvalue weighted by Crippen LogP contribution is 2.17. The van der Waals surface area contributed by atoms with Gasteiger partial charge in [0.05, 0.1) is 12.2 Å². The summed E-state index contributed by atoms with van der Waals surface area (Å²) in [6.07, 6.45) is 3.32. The van der Waals surface area contributed by atoms with Crippen molar-refractivity contribution in [2.75, 3.05) is 10.6 Å². The van der Waals surface area contributed by atoms with Crippen LogP contribution in [-0.4, -0.2) is 15.0 Å². The number of pyridine rings is 1. The normalized spacial score (nSPS) is 10.2. The fourth-order valence-electron chi connectivity index (χ4n) is 1.99. The molecule has 3 aromatic rings. The van der Waals surface area contributed by atoms with Crippen LogP contribution in [0.25, 0.3) is 0 Å². The molecule has 0 saturated heterocycles. The van der Waals surface area contributed by atoms with E-state index in [0.717, 1.165) is 23.0 Å². The maximum atomic E-state index is 4.27. The van der Waals surface area contributed by atoms with Gasteiger partial charge < -0.3 is 10.6 Å². The second kappa shape index (κ2) is 6.67. The molecule has 0 aliphatic rings. The first-order valence-corrected chi connectivity index (χ1v) is 7.09. The minimum atomic E-state index is 0.627. The average Bonchev–Trinajstić information content (AvgIpc) is 2.57. The van der Waals surface area contributed by atoms with Crippen molar-refractivity contribution < 1.29 is 0 Å². The largest absolute Gasteiger partial charge is 0.364 e. The van der Waals surface area contributed by atoms with E-state index in [9.17, 15) is 0 Å². The Kier molecular flexibility index (Phi) is 4.25. The van der Waals surface area contributed by atoms with Crippen molar-refractivity contribution in [2.24, 2.45) is 0 Å². The van der Waals surface area contributed by atoms with Crippen LogP contribution >= 0.6 is 0 Å². The molecule has 0 amide bonds. The van der Waals surface area contributed by atoms with Crippen molar-refractivity contribution >= 4 is 17.3 Å². The van der Waals surface area contributed by atoms with Crippen LogP contribution in [0.1, 0.15) is 11.3 Å². The van der Waals surface area contributed by atoms with Gasteiger partial charge in [0.2, 0.25) is 0 Å². The molecule has 5 nitrogen and oxygen atoms in total. The third-order valence-corrected chi connectivity index (χ3v) is 3.17. The summed E-state index contributed by atoms with van der Waals surface area (Å²) in [5, 5.41) is 6.51. The lowest BCUT2D eigenvalue weighted by atomic mass is 10.2. The minimum Gasteiger partial charge on any atom is -0.364 e. The summed E-state index contributed by atoms with van der Waals surface area (Å²) in [5.74, 6) is 1.51. The third-order valence-electron chi connectivity index (χ3n) is 3.17. The predicted molar refractivity (Wildman–Crippen MR) is 88.1 cm³/mol. The maximum absolute atomic E-state index is 4.27. The molecule has 22 heavy (non-hydrogen) atoms. The molecule has 2 N–H and O–H groups in total. The van der Waals surface area contributed by atoms with E-state index in [0.29, 0.717) is 6.54 Å². The van der Waals surface area contributed by atoms with Gasteiger partial charge in [-0.2, -0.15) is 0 Å². The quantitative estimate of drug-likeness (QED) is 0.753. The van der Waals surface area contributed by atoms with E-state index in [-0.39, 0.29) is 0 Å². The van der Waals surface area contributed by atoms with Crippen LogP contribution < -0.4 is 10.6 Å². The summed E-state index contributed by atoms with van der Waals surface area (Å²) in [6, 6.07) is 15.9. The zero-order chi connectivity index (χ0) is 15.2. The highest BCUT2D eigenvalue weighted by molar-refractivity contribution is 5.59. The highest BCUT2D eigenvalue weighted by Gasteiger charge is 2.00. The van der Waals surface area contributed by atoms with Crippen LogP contribution in [0.15, 0.2) is 61.1 Å². The van der Waals surface area contributed by atoms with E-state index in [1.807, 2.05) is 36.4 Å². The summed E-state index contributed by atoms with van der Waals surface area (Å²) < 4.78 is 0. The van der Waals surface area contributed by atoms with Crippen LogP contribution in [0.5, 0.6) is 0 Å². The number of hydrogen-bond acceptors (Lipinski definition) is 5. The smallest absolute Gasteiger partial charge is 0.135 e. The van der Waals surface area contributed by atoms with Crippen LogP contribution in [0.4, 0.5) is 17.3 Å². The number of rotatable bonds is 5. The first-order valence-electron chi connectivity index (χ1n) is 7.09. The molecule has 0 bridgehead atoms. The SMILES string of the molecule is Cc1ccc(Nc2cc(NCc3ccccn3)ncn2)cc1. The Balaban J connectivity index is 1.66. The Morgan fingerprint density at radius 1 is 0.909 bits per heavy atom. The fraction of sp³-hybridized carbons (Fsp3) is 0.118. The van der Waals surface area contributed by atoms with Crippen LogP contribution in [0, 0.1) is 6.92 Å². The van der Waals surface area contributed by atoms with Gasteiger partial charge >= 0.3 is 0 Å². The van der Waals surface area contributed by atoms with Crippen molar-refractivity contribution in [3.05, 3.63) is 72.3 Å². The second-order valence-electron chi connectivity index (χ2n) is 4.95. The van der Waals surface area contributed by atoms with Gasteiger partial charge in [0, 0.05) is 18.0 Å². The lowest BCUT2D eigenvalue weighted by Crippen LogP contribution is -2.04. The lowest BCUT2D eigenvalue weighted by molar-refractivity contribution is 1.02. The molecule has 0 fully saturated rings. The zero-order valence-corrected chi connectivity index (χ0v) is 12.3. The number of nitrogens with one attached hydrogen (secondary N) is 2. The molecule has 0 spiro atoms. The standard InChI is InChI=1S/C17H17N5/c1-13-5-7-14(8-6-13)22-17-10-16(20-12-21-17)19-11-15-4-2-3-9-18-15/h2-10,12H,11H2,1H3,(H2,19,20,21,22). The van der Waals surface area contributed by atoms with Crippen LogP contribution in [0.2, 0.25) is 0 Å². The van der Waals surface area contributed by atoms with Crippen LogP contribution in [-0.2, 0) is 6.54 Å². The fourth-order valence-corrected chi connectivity index (χ4v) is 1.99. The number of hydrogen-bond donors (Lipinski definition) is 2. The molecular formula is C17H17N5. The van der Waals surface area contributed by atoms with Gasteiger partial charge in [-0.3, -0.25) is 4.98 Å². The van der Waals surface area contributed by atoms with Crippen molar-refractivity contribution in [3.63, 3.8) is 0 Å². The van der Waals surface area contributed by atoms with Crippen molar-refractivity contribution in [3.8, 4) is 0 Å². The van der Waals surface area contributed by atoms with E-state index in [2.05, 4.69) is 44.6 Å². The molecule has 0 radical (unpaired) electrons. The molecule has 2 aromatic heterocycles. The Bertz CT molecular complexity index is 726. The van der Waals surface area contributed by atoms with Crippen LogP contribution in [0.3, 0.4) is 0 Å². The van der Waals surface area contributed by atoms with E-state index < -0.39 is 0 Å². The zero-order valence-electron chi connectivity index (χ0n) is 12.3. The molecule has 5 heteroatoms. The second-order valence-corrected chi connectivity index (χ2v) is 4.95. The predicted octanol–water partition coefficient (Wildman–Crippen LogP) is 3.54. The third kappa shape index (κ3) is 3.79. The van der Waals surface area contributed by atoms with Gasteiger partial charge in [-0.15, -0.1) is 0 Å². The van der Waals surface area contributed by atoms with Gasteiger partial charge in [0.15, 0.2) is 0 Å². The summed E-state index contributed by atoms with van der Waals surface area (Å²) in [7, 11) is 0. The van der Waals surface area contributed by atoms with Crippen molar-refractivity contribution in [1.29, 1.82) is 0 Å². The average molecular weight is 291 g/mol. The molecule has 0 unspecified atom stereocenters. The van der Waals surface area contributed by atoms with Crippen molar-refractivity contribution in [2.45, 2.75) is 13.5 Å². The topological polar surface area (TPSA) is 62.7 Å². The number of anilines is 3. The van der Waals surface area contributed by atoms with Gasteiger partial charge in [-0.25, -0.2) is 9.97 Å². The molecular weight excluding hydrogens is 274 g/mol. The summed E-state index contributed by atoms with van der Waals surface area (Å²) >= 11 is 0. The van der Waals surface area contributed by atoms with Gasteiger partial charge in [-0.05, 0) is 31.2 Å². The first kappa shape index (κ1) is 14.0. The molecule has 3 rings (SSSR count). The Hall–Kier alpha value is -2.95. The molecule has 2 heterocycles. The monoisotopic (exact) mass is 291 g/mol. The Morgan fingerprint density at radius 2 is 1.73 bits per heavy atom. The maximum Gasteiger partial charge on any atom is 0.135 e. The van der Waals surface area contributed by atoms with Gasteiger partial charge in [-0.1, -0.05) is 23.8 Å². The molecule has 0 atom stereocenters. The molecule has 0 saturated carbocycles. The molecule has 0 aliphatic carbocycles. The number of aryl methyl sites for hydroxylation is 1. The van der Waals surface area contributed by atoms with Gasteiger partial charge in [0.1, 0.15) is 18.0 Å². The number of benzene rings is 1. The Morgan fingerprint density at radius 3 is 2.50 bits per heavy atom. The molecule has 110 valence electrons. The van der Waals surface area contributed by atoms with E-state index >= 15 is 0 Å². The summed E-state index contributed by atoms with van der Waals surface area (Å²) in [6.45, 7) is 2.69. The summed E-state index contributed by atoms with van der Waals surface area (Å²) in [4.78, 5) is 12.7. The lowest BCUT2D eigenvalue weighted by Gasteiger charge is -2.08. The molecule has 1 aromatic carbocycles. The highest BCUT2D eigenvalue weighted by atomic mass is 15.1. The summed E-state index contributed by atoms with van der Waals surface area (Å²) in [5.41, 5.74) is 3.19. The minimum absolute atomic E-state index is 0.627. The van der Waals surface area contributed by atoms with E-state index in [1.54, 1.807) is 6.20 Å². The first-order chi connectivity index (χ1) is 10.8. The Labute approximate surface area is 129 Å². The van der Waals surface area contributed by atoms with Gasteiger partial charge in [0.25, 0.3) is 0 Å². The number of nitrogens with zero attached hydrogens (tertiary/aromatic N) is 3. The van der Waals surface area contributed by atoms with E-state index in [4.69, 9.17) is 0 Å².